The molecule has 20 heavy (non-hydrogen) atoms. The molecule has 0 heterocycles. The Morgan fingerprint density at radius 1 is 1.15 bits per heavy atom. The lowest BCUT2D eigenvalue weighted by molar-refractivity contribution is 0.566. The SMILES string of the molecule is Cc1ccc(CCC(N)Cc2c(F)cccc2Cl)cc1. The van der Waals surface area contributed by atoms with Crippen LogP contribution in [-0.4, -0.2) is 6.04 Å². The van der Waals surface area contributed by atoms with Crippen LogP contribution in [0.25, 0.3) is 0 Å². The second-order valence-electron chi connectivity index (χ2n) is 5.19. The molecule has 0 aromatic heterocycles. The number of halogens is 2. The number of hydrogen-bond acceptors (Lipinski definition) is 1. The number of rotatable bonds is 5. The van der Waals surface area contributed by atoms with Gasteiger partial charge in [0.1, 0.15) is 5.82 Å². The molecule has 0 saturated heterocycles. The van der Waals surface area contributed by atoms with Gasteiger partial charge in [0.2, 0.25) is 0 Å². The van der Waals surface area contributed by atoms with E-state index in [0.29, 0.717) is 17.0 Å². The van der Waals surface area contributed by atoms with Crippen molar-refractivity contribution in [2.75, 3.05) is 0 Å². The average Bonchev–Trinajstić information content (AvgIpc) is 2.42. The highest BCUT2D eigenvalue weighted by molar-refractivity contribution is 6.31. The van der Waals surface area contributed by atoms with E-state index >= 15 is 0 Å². The lowest BCUT2D eigenvalue weighted by Gasteiger charge is -2.13. The largest absolute Gasteiger partial charge is 0.327 e. The van der Waals surface area contributed by atoms with Crippen molar-refractivity contribution in [1.29, 1.82) is 0 Å². The predicted octanol–water partition coefficient (Wildman–Crippen LogP) is 4.29. The first kappa shape index (κ1) is 15.0. The van der Waals surface area contributed by atoms with E-state index < -0.39 is 0 Å². The van der Waals surface area contributed by atoms with E-state index in [-0.39, 0.29) is 11.9 Å². The van der Waals surface area contributed by atoms with Crippen molar-refractivity contribution < 1.29 is 4.39 Å². The van der Waals surface area contributed by atoms with Gasteiger partial charge in [-0.05, 0) is 43.9 Å². The number of hydrogen-bond donors (Lipinski definition) is 1. The van der Waals surface area contributed by atoms with Crippen LogP contribution in [0.1, 0.15) is 23.1 Å². The molecule has 0 aliphatic rings. The van der Waals surface area contributed by atoms with E-state index in [1.54, 1.807) is 12.1 Å². The van der Waals surface area contributed by atoms with Crippen LogP contribution in [-0.2, 0) is 12.8 Å². The summed E-state index contributed by atoms with van der Waals surface area (Å²) in [6, 6.07) is 13.0. The lowest BCUT2D eigenvalue weighted by atomic mass is 9.99. The smallest absolute Gasteiger partial charge is 0.127 e. The Balaban J connectivity index is 1.92. The Labute approximate surface area is 124 Å². The maximum absolute atomic E-state index is 13.7. The quantitative estimate of drug-likeness (QED) is 0.874. The van der Waals surface area contributed by atoms with E-state index in [1.165, 1.54) is 17.2 Å². The van der Waals surface area contributed by atoms with Crippen molar-refractivity contribution in [1.82, 2.24) is 0 Å². The van der Waals surface area contributed by atoms with Gasteiger partial charge in [-0.2, -0.15) is 0 Å². The monoisotopic (exact) mass is 291 g/mol. The first-order valence-corrected chi connectivity index (χ1v) is 7.18. The first-order chi connectivity index (χ1) is 9.56. The van der Waals surface area contributed by atoms with Crippen LogP contribution in [0.3, 0.4) is 0 Å². The van der Waals surface area contributed by atoms with Crippen molar-refractivity contribution in [3.05, 3.63) is 70.0 Å². The summed E-state index contributed by atoms with van der Waals surface area (Å²) < 4.78 is 13.7. The Bertz CT molecular complexity index is 545. The van der Waals surface area contributed by atoms with E-state index in [4.69, 9.17) is 17.3 Å². The summed E-state index contributed by atoms with van der Waals surface area (Å²) in [6.45, 7) is 2.07. The molecule has 1 unspecified atom stereocenters. The van der Waals surface area contributed by atoms with Crippen molar-refractivity contribution in [2.45, 2.75) is 32.2 Å². The topological polar surface area (TPSA) is 26.0 Å². The van der Waals surface area contributed by atoms with Crippen LogP contribution in [0.2, 0.25) is 5.02 Å². The Hall–Kier alpha value is -1.38. The number of nitrogens with two attached hydrogens (primary N) is 1. The summed E-state index contributed by atoms with van der Waals surface area (Å²) in [5.41, 5.74) is 9.12. The summed E-state index contributed by atoms with van der Waals surface area (Å²) in [6.07, 6.45) is 2.18. The van der Waals surface area contributed by atoms with Gasteiger partial charge in [-0.25, -0.2) is 4.39 Å². The molecule has 0 spiro atoms. The van der Waals surface area contributed by atoms with Crippen LogP contribution < -0.4 is 5.73 Å². The van der Waals surface area contributed by atoms with Gasteiger partial charge in [-0.15, -0.1) is 0 Å². The molecule has 2 rings (SSSR count). The molecule has 0 bridgehead atoms. The number of benzene rings is 2. The molecule has 1 atom stereocenters. The molecule has 0 amide bonds. The molecular weight excluding hydrogens is 273 g/mol. The van der Waals surface area contributed by atoms with Gasteiger partial charge in [0.05, 0.1) is 0 Å². The normalized spacial score (nSPS) is 12.4. The van der Waals surface area contributed by atoms with Gasteiger partial charge in [0, 0.05) is 16.6 Å². The van der Waals surface area contributed by atoms with Crippen LogP contribution in [0.15, 0.2) is 42.5 Å². The molecule has 2 aromatic rings. The fourth-order valence-corrected chi connectivity index (χ4v) is 2.44. The first-order valence-electron chi connectivity index (χ1n) is 6.80. The number of aryl methyl sites for hydroxylation is 2. The molecule has 0 fully saturated rings. The Morgan fingerprint density at radius 2 is 1.85 bits per heavy atom. The molecular formula is C17H19ClFN. The van der Waals surface area contributed by atoms with Gasteiger partial charge in [-0.3, -0.25) is 0 Å². The molecule has 2 aromatic carbocycles. The predicted molar refractivity (Wildman–Crippen MR) is 82.6 cm³/mol. The minimum absolute atomic E-state index is 0.0919. The third-order valence-corrected chi connectivity index (χ3v) is 3.81. The van der Waals surface area contributed by atoms with Gasteiger partial charge < -0.3 is 5.73 Å². The lowest BCUT2D eigenvalue weighted by Crippen LogP contribution is -2.24. The van der Waals surface area contributed by atoms with Crippen molar-refractivity contribution in [3.63, 3.8) is 0 Å². The molecule has 0 saturated carbocycles. The van der Waals surface area contributed by atoms with Gasteiger partial charge >= 0.3 is 0 Å². The van der Waals surface area contributed by atoms with Gasteiger partial charge in [-0.1, -0.05) is 47.5 Å². The second kappa shape index (κ2) is 6.87. The highest BCUT2D eigenvalue weighted by Gasteiger charge is 2.11. The summed E-state index contributed by atoms with van der Waals surface area (Å²) in [7, 11) is 0. The third-order valence-electron chi connectivity index (χ3n) is 3.45. The zero-order valence-electron chi connectivity index (χ0n) is 11.6. The molecule has 2 N–H and O–H groups in total. The van der Waals surface area contributed by atoms with Crippen LogP contribution >= 0.6 is 11.6 Å². The fraction of sp³-hybridized carbons (Fsp3) is 0.294. The summed E-state index contributed by atoms with van der Waals surface area (Å²) in [4.78, 5) is 0. The van der Waals surface area contributed by atoms with E-state index in [0.717, 1.165) is 12.8 Å². The average molecular weight is 292 g/mol. The molecule has 0 aliphatic carbocycles. The Kier molecular flexibility index (Phi) is 5.16. The maximum atomic E-state index is 13.7. The van der Waals surface area contributed by atoms with E-state index in [2.05, 4.69) is 31.2 Å². The van der Waals surface area contributed by atoms with Crippen LogP contribution in [0.5, 0.6) is 0 Å². The molecule has 3 heteroatoms. The minimum Gasteiger partial charge on any atom is -0.327 e. The Morgan fingerprint density at radius 3 is 2.50 bits per heavy atom. The minimum atomic E-state index is -0.275. The highest BCUT2D eigenvalue weighted by Crippen LogP contribution is 2.21. The molecule has 0 radical (unpaired) electrons. The summed E-state index contributed by atoms with van der Waals surface area (Å²) in [5, 5.41) is 0.454. The maximum Gasteiger partial charge on any atom is 0.127 e. The van der Waals surface area contributed by atoms with E-state index in [9.17, 15) is 4.39 Å². The van der Waals surface area contributed by atoms with Crippen molar-refractivity contribution in [2.24, 2.45) is 5.73 Å². The molecule has 1 nitrogen and oxygen atoms in total. The summed E-state index contributed by atoms with van der Waals surface area (Å²) in [5.74, 6) is -0.275. The van der Waals surface area contributed by atoms with Crippen LogP contribution in [0.4, 0.5) is 4.39 Å². The highest BCUT2D eigenvalue weighted by atomic mass is 35.5. The third kappa shape index (κ3) is 4.06. The zero-order chi connectivity index (χ0) is 14.5. The molecule has 0 aliphatic heterocycles. The molecule has 106 valence electrons. The van der Waals surface area contributed by atoms with Crippen LogP contribution in [0, 0.1) is 12.7 Å². The zero-order valence-corrected chi connectivity index (χ0v) is 12.3. The van der Waals surface area contributed by atoms with E-state index in [1.807, 2.05) is 0 Å². The van der Waals surface area contributed by atoms with Crippen molar-refractivity contribution >= 4 is 11.6 Å². The standard InChI is InChI=1S/C17H19ClFN/c1-12-5-7-13(8-6-12)9-10-14(20)11-15-16(18)3-2-4-17(15)19/h2-8,14H,9-11,20H2,1H3. The van der Waals surface area contributed by atoms with Gasteiger partial charge in [0.25, 0.3) is 0 Å². The van der Waals surface area contributed by atoms with Gasteiger partial charge in [0.15, 0.2) is 0 Å². The summed E-state index contributed by atoms with van der Waals surface area (Å²) >= 11 is 6.01. The fourth-order valence-electron chi connectivity index (χ4n) is 2.20. The second-order valence-corrected chi connectivity index (χ2v) is 5.60. The van der Waals surface area contributed by atoms with Crippen molar-refractivity contribution in [3.8, 4) is 0 Å².